The molecule has 15 heavy (non-hydrogen) atoms. The fourth-order valence-electron chi connectivity index (χ4n) is 0.736. The van der Waals surface area contributed by atoms with Crippen molar-refractivity contribution in [2.75, 3.05) is 6.61 Å². The minimum atomic E-state index is -0.561. The number of ether oxygens (including phenoxy) is 1. The summed E-state index contributed by atoms with van der Waals surface area (Å²) in [6, 6.07) is 0. The highest BCUT2D eigenvalue weighted by molar-refractivity contribution is 5.21. The van der Waals surface area contributed by atoms with E-state index in [-0.39, 0.29) is 12.5 Å². The van der Waals surface area contributed by atoms with E-state index in [1.807, 2.05) is 13.8 Å². The first-order valence-corrected chi connectivity index (χ1v) is 4.75. The zero-order valence-corrected chi connectivity index (χ0v) is 9.47. The van der Waals surface area contributed by atoms with E-state index in [2.05, 4.69) is 21.8 Å². The molecule has 0 aromatic carbocycles. The lowest BCUT2D eigenvalue weighted by Gasteiger charge is -2.03. The number of hydrogen-bond donors (Lipinski definition) is 0. The van der Waals surface area contributed by atoms with Gasteiger partial charge in [-0.15, -0.1) is 5.92 Å². The van der Waals surface area contributed by atoms with Crippen molar-refractivity contribution in [2.45, 2.75) is 27.7 Å². The molecule has 0 aliphatic carbocycles. The molecule has 0 fully saturated rings. The Labute approximate surface area is 89.7 Å². The Hall–Kier alpha value is -1.63. The van der Waals surface area contributed by atoms with Crippen LogP contribution in [0.25, 0.3) is 0 Å². The van der Waals surface area contributed by atoms with Gasteiger partial charge >= 0.3 is 0 Å². The van der Waals surface area contributed by atoms with Gasteiger partial charge in [-0.05, 0) is 13.8 Å². The summed E-state index contributed by atoms with van der Waals surface area (Å²) in [5.41, 5.74) is 0.306. The average Bonchev–Trinajstić information content (AvgIpc) is 2.27. The van der Waals surface area contributed by atoms with Crippen molar-refractivity contribution in [3.63, 3.8) is 0 Å². The predicted molar refractivity (Wildman–Crippen MR) is 57.0 cm³/mol. The van der Waals surface area contributed by atoms with Gasteiger partial charge in [-0.1, -0.05) is 19.8 Å². The van der Waals surface area contributed by atoms with Crippen LogP contribution in [0.15, 0.2) is 6.33 Å². The largest absolute Gasteiger partial charge is 0.464 e. The minimum absolute atomic E-state index is 0.216. The molecule has 4 heteroatoms. The molecule has 0 aliphatic heterocycles. The molecule has 0 unspecified atom stereocenters. The highest BCUT2D eigenvalue weighted by Crippen LogP contribution is 2.13. The molecule has 1 rings (SSSR count). The first kappa shape index (κ1) is 13.4. The summed E-state index contributed by atoms with van der Waals surface area (Å²) >= 11 is 0. The van der Waals surface area contributed by atoms with E-state index >= 15 is 0 Å². The van der Waals surface area contributed by atoms with Crippen molar-refractivity contribution in [1.82, 2.24) is 9.97 Å². The van der Waals surface area contributed by atoms with E-state index in [1.165, 1.54) is 0 Å². The molecule has 0 spiro atoms. The van der Waals surface area contributed by atoms with Crippen molar-refractivity contribution < 1.29 is 9.13 Å². The Morgan fingerprint density at radius 3 is 2.67 bits per heavy atom. The van der Waals surface area contributed by atoms with Crippen LogP contribution in [0.3, 0.4) is 0 Å². The number of aromatic nitrogens is 2. The molecule has 0 saturated heterocycles. The SMILES string of the molecule is CC.CC#CCOc1ncnc(F)c1C. The van der Waals surface area contributed by atoms with Crippen LogP contribution in [0.5, 0.6) is 5.88 Å². The molecular weight excluding hydrogens is 195 g/mol. The van der Waals surface area contributed by atoms with Crippen LogP contribution in [-0.2, 0) is 0 Å². The molecule has 0 saturated carbocycles. The first-order valence-electron chi connectivity index (χ1n) is 4.75. The molecular formula is C11H15FN2O. The minimum Gasteiger partial charge on any atom is -0.464 e. The summed E-state index contributed by atoms with van der Waals surface area (Å²) < 4.78 is 17.9. The Bertz CT molecular complexity index is 355. The standard InChI is InChI=1S/C9H9FN2O.C2H6/c1-3-4-5-13-9-7(2)8(10)11-6-12-9;1-2/h6H,5H2,1-2H3;1-2H3. The van der Waals surface area contributed by atoms with Gasteiger partial charge in [0.1, 0.15) is 6.33 Å². The first-order chi connectivity index (χ1) is 7.25. The van der Waals surface area contributed by atoms with Crippen LogP contribution in [-0.4, -0.2) is 16.6 Å². The molecule has 0 bridgehead atoms. The van der Waals surface area contributed by atoms with Crippen molar-refractivity contribution in [1.29, 1.82) is 0 Å². The van der Waals surface area contributed by atoms with Crippen LogP contribution in [0.4, 0.5) is 4.39 Å². The Morgan fingerprint density at radius 1 is 1.40 bits per heavy atom. The van der Waals surface area contributed by atoms with Crippen molar-refractivity contribution in [3.8, 4) is 17.7 Å². The zero-order valence-electron chi connectivity index (χ0n) is 9.47. The lowest BCUT2D eigenvalue weighted by atomic mass is 10.4. The van der Waals surface area contributed by atoms with Crippen LogP contribution in [0, 0.1) is 24.7 Å². The molecule has 82 valence electrons. The van der Waals surface area contributed by atoms with Crippen molar-refractivity contribution >= 4 is 0 Å². The van der Waals surface area contributed by atoms with E-state index in [4.69, 9.17) is 4.74 Å². The van der Waals surface area contributed by atoms with Gasteiger partial charge in [0, 0.05) is 0 Å². The van der Waals surface area contributed by atoms with E-state index in [0.717, 1.165) is 6.33 Å². The van der Waals surface area contributed by atoms with E-state index < -0.39 is 5.95 Å². The normalized spacial score (nSPS) is 8.07. The van der Waals surface area contributed by atoms with Crippen LogP contribution in [0.2, 0.25) is 0 Å². The van der Waals surface area contributed by atoms with Gasteiger partial charge < -0.3 is 4.74 Å². The lowest BCUT2D eigenvalue weighted by Crippen LogP contribution is -2.01. The molecule has 1 heterocycles. The Morgan fingerprint density at radius 2 is 2.07 bits per heavy atom. The molecule has 1 aromatic rings. The van der Waals surface area contributed by atoms with Crippen molar-refractivity contribution in [2.24, 2.45) is 0 Å². The van der Waals surface area contributed by atoms with E-state index in [1.54, 1.807) is 13.8 Å². The summed E-state index contributed by atoms with van der Waals surface area (Å²) in [5, 5.41) is 0. The van der Waals surface area contributed by atoms with Gasteiger partial charge in [0.15, 0.2) is 6.61 Å². The maximum atomic E-state index is 12.8. The monoisotopic (exact) mass is 210 g/mol. The molecule has 0 radical (unpaired) electrons. The second-order valence-electron chi connectivity index (χ2n) is 2.31. The predicted octanol–water partition coefficient (Wildman–Crippen LogP) is 2.35. The van der Waals surface area contributed by atoms with Gasteiger partial charge in [-0.25, -0.2) is 9.97 Å². The smallest absolute Gasteiger partial charge is 0.223 e. The average molecular weight is 210 g/mol. The Kier molecular flexibility index (Phi) is 6.90. The van der Waals surface area contributed by atoms with Gasteiger partial charge in [-0.2, -0.15) is 4.39 Å². The van der Waals surface area contributed by atoms with E-state index in [0.29, 0.717) is 5.56 Å². The van der Waals surface area contributed by atoms with Crippen LogP contribution >= 0.6 is 0 Å². The molecule has 0 amide bonds. The van der Waals surface area contributed by atoms with E-state index in [9.17, 15) is 4.39 Å². The van der Waals surface area contributed by atoms with Gasteiger partial charge in [0.05, 0.1) is 5.56 Å². The quantitative estimate of drug-likeness (QED) is 0.555. The maximum absolute atomic E-state index is 12.8. The topological polar surface area (TPSA) is 35.0 Å². The third-order valence-electron chi connectivity index (χ3n) is 1.43. The van der Waals surface area contributed by atoms with Crippen LogP contribution < -0.4 is 4.74 Å². The lowest BCUT2D eigenvalue weighted by molar-refractivity contribution is 0.346. The third kappa shape index (κ3) is 4.41. The molecule has 0 aliphatic rings. The summed E-state index contributed by atoms with van der Waals surface area (Å²) in [6.45, 7) is 7.48. The molecule has 1 aromatic heterocycles. The van der Waals surface area contributed by atoms with Gasteiger partial charge in [-0.3, -0.25) is 0 Å². The second kappa shape index (κ2) is 7.74. The maximum Gasteiger partial charge on any atom is 0.223 e. The molecule has 0 atom stereocenters. The number of halogens is 1. The number of rotatable bonds is 2. The van der Waals surface area contributed by atoms with Gasteiger partial charge in [0.25, 0.3) is 0 Å². The molecule has 3 nitrogen and oxygen atoms in total. The fraction of sp³-hybridized carbons (Fsp3) is 0.455. The highest BCUT2D eigenvalue weighted by atomic mass is 19.1. The second-order valence-corrected chi connectivity index (χ2v) is 2.31. The van der Waals surface area contributed by atoms with Crippen LogP contribution in [0.1, 0.15) is 26.3 Å². The Balaban J connectivity index is 0.000000921. The zero-order chi connectivity index (χ0) is 11.7. The summed E-state index contributed by atoms with van der Waals surface area (Å²) in [4.78, 5) is 7.14. The number of nitrogens with zero attached hydrogens (tertiary/aromatic N) is 2. The summed E-state index contributed by atoms with van der Waals surface area (Å²) in [6.07, 6.45) is 1.12. The third-order valence-corrected chi connectivity index (χ3v) is 1.43. The molecule has 0 N–H and O–H groups in total. The highest BCUT2D eigenvalue weighted by Gasteiger charge is 2.05. The number of hydrogen-bond acceptors (Lipinski definition) is 3. The summed E-state index contributed by atoms with van der Waals surface area (Å²) in [5.74, 6) is 5.03. The summed E-state index contributed by atoms with van der Waals surface area (Å²) in [7, 11) is 0. The fourth-order valence-corrected chi connectivity index (χ4v) is 0.736. The van der Waals surface area contributed by atoms with Gasteiger partial charge in [0.2, 0.25) is 11.8 Å². The van der Waals surface area contributed by atoms with Crippen molar-refractivity contribution in [3.05, 3.63) is 17.8 Å².